The fourth-order valence-corrected chi connectivity index (χ4v) is 3.81. The molecule has 4 rings (SSSR count). The molecular formula is C23H27N3O2. The highest BCUT2D eigenvalue weighted by molar-refractivity contribution is 5.83. The van der Waals surface area contributed by atoms with Crippen LogP contribution in [0.5, 0.6) is 5.75 Å². The molecule has 1 atom stereocenters. The second-order valence-corrected chi connectivity index (χ2v) is 7.16. The van der Waals surface area contributed by atoms with Crippen molar-refractivity contribution in [2.24, 2.45) is 0 Å². The van der Waals surface area contributed by atoms with Gasteiger partial charge in [0, 0.05) is 25.0 Å². The molecule has 3 aromatic rings. The molecule has 28 heavy (non-hydrogen) atoms. The first-order chi connectivity index (χ1) is 13.7. The van der Waals surface area contributed by atoms with Gasteiger partial charge in [-0.1, -0.05) is 30.3 Å². The lowest BCUT2D eigenvalue weighted by Gasteiger charge is -2.35. The van der Waals surface area contributed by atoms with E-state index in [1.165, 1.54) is 16.5 Å². The molecule has 1 saturated heterocycles. The van der Waals surface area contributed by atoms with Crippen LogP contribution in [0.2, 0.25) is 0 Å². The third kappa shape index (κ3) is 4.11. The number of benzene rings is 2. The van der Waals surface area contributed by atoms with Gasteiger partial charge >= 0.3 is 0 Å². The molecule has 0 saturated carbocycles. The Kier molecular flexibility index (Phi) is 5.74. The highest BCUT2D eigenvalue weighted by atomic mass is 16.5. The molecule has 5 nitrogen and oxygen atoms in total. The van der Waals surface area contributed by atoms with Crippen LogP contribution in [-0.2, 0) is 4.74 Å². The molecule has 0 radical (unpaired) electrons. The average molecular weight is 377 g/mol. The largest absolute Gasteiger partial charge is 0.497 e. The first-order valence-electron chi connectivity index (χ1n) is 9.80. The Bertz CT molecular complexity index is 921. The second-order valence-electron chi connectivity index (χ2n) is 7.16. The number of pyridine rings is 1. The summed E-state index contributed by atoms with van der Waals surface area (Å²) in [5, 5.41) is 4.78. The first-order valence-corrected chi connectivity index (χ1v) is 9.80. The van der Waals surface area contributed by atoms with E-state index < -0.39 is 0 Å². The summed E-state index contributed by atoms with van der Waals surface area (Å²) in [6.45, 7) is 6.35. The standard InChI is InChI=1S/C23H27N3O2/c1-17-15-23(25-21-6-4-3-5-20(17)21)24-16-22(26-11-13-28-14-12-26)18-7-9-19(27-2)10-8-18/h3-10,15,22H,11-14,16H2,1-2H3,(H,24,25). The molecule has 2 heterocycles. The average Bonchev–Trinajstić information content (AvgIpc) is 2.75. The molecule has 2 aromatic carbocycles. The maximum Gasteiger partial charge on any atom is 0.126 e. The Morgan fingerprint density at radius 3 is 2.61 bits per heavy atom. The van der Waals surface area contributed by atoms with E-state index in [-0.39, 0.29) is 6.04 Å². The van der Waals surface area contributed by atoms with Gasteiger partial charge in [-0.25, -0.2) is 4.98 Å². The van der Waals surface area contributed by atoms with E-state index in [0.717, 1.165) is 49.9 Å². The lowest BCUT2D eigenvalue weighted by Crippen LogP contribution is -2.41. The van der Waals surface area contributed by atoms with Gasteiger partial charge in [-0.2, -0.15) is 0 Å². The lowest BCUT2D eigenvalue weighted by atomic mass is 10.0. The molecule has 1 N–H and O–H groups in total. The number of rotatable bonds is 6. The molecule has 0 spiro atoms. The van der Waals surface area contributed by atoms with Crippen LogP contribution >= 0.6 is 0 Å². The number of ether oxygens (including phenoxy) is 2. The number of aryl methyl sites for hydroxylation is 1. The first kappa shape index (κ1) is 18.7. The number of hydrogen-bond donors (Lipinski definition) is 1. The van der Waals surface area contributed by atoms with Gasteiger partial charge in [0.15, 0.2) is 0 Å². The predicted molar refractivity (Wildman–Crippen MR) is 113 cm³/mol. The van der Waals surface area contributed by atoms with Gasteiger partial charge in [0.1, 0.15) is 11.6 Å². The van der Waals surface area contributed by atoms with E-state index in [2.05, 4.69) is 53.5 Å². The smallest absolute Gasteiger partial charge is 0.126 e. The summed E-state index contributed by atoms with van der Waals surface area (Å²) in [7, 11) is 1.70. The van der Waals surface area contributed by atoms with Crippen LogP contribution in [0, 0.1) is 6.92 Å². The molecular weight excluding hydrogens is 350 g/mol. The van der Waals surface area contributed by atoms with Crippen LogP contribution in [0.25, 0.3) is 10.9 Å². The van der Waals surface area contributed by atoms with Gasteiger partial charge in [-0.15, -0.1) is 0 Å². The van der Waals surface area contributed by atoms with Crippen molar-refractivity contribution in [1.82, 2.24) is 9.88 Å². The number of aromatic nitrogens is 1. The minimum atomic E-state index is 0.253. The number of para-hydroxylation sites is 1. The molecule has 1 unspecified atom stereocenters. The van der Waals surface area contributed by atoms with Crippen LogP contribution in [0.3, 0.4) is 0 Å². The van der Waals surface area contributed by atoms with E-state index in [1.807, 2.05) is 18.2 Å². The monoisotopic (exact) mass is 377 g/mol. The zero-order valence-corrected chi connectivity index (χ0v) is 16.5. The van der Waals surface area contributed by atoms with Crippen LogP contribution < -0.4 is 10.1 Å². The topological polar surface area (TPSA) is 46.6 Å². The van der Waals surface area contributed by atoms with Crippen molar-refractivity contribution in [1.29, 1.82) is 0 Å². The van der Waals surface area contributed by atoms with Crippen LogP contribution in [0.4, 0.5) is 5.82 Å². The number of fused-ring (bicyclic) bond motifs is 1. The highest BCUT2D eigenvalue weighted by Crippen LogP contribution is 2.26. The molecule has 1 aliphatic rings. The van der Waals surface area contributed by atoms with E-state index >= 15 is 0 Å². The molecule has 1 fully saturated rings. The molecule has 1 aliphatic heterocycles. The summed E-state index contributed by atoms with van der Waals surface area (Å²) >= 11 is 0. The summed E-state index contributed by atoms with van der Waals surface area (Å²) in [6.07, 6.45) is 0. The van der Waals surface area contributed by atoms with Crippen molar-refractivity contribution in [2.45, 2.75) is 13.0 Å². The van der Waals surface area contributed by atoms with Crippen molar-refractivity contribution < 1.29 is 9.47 Å². The summed E-state index contributed by atoms with van der Waals surface area (Å²) in [6, 6.07) is 19.0. The molecule has 146 valence electrons. The van der Waals surface area contributed by atoms with Crippen LogP contribution in [0.1, 0.15) is 17.2 Å². The van der Waals surface area contributed by atoms with Crippen molar-refractivity contribution in [3.8, 4) is 5.75 Å². The number of methoxy groups -OCH3 is 1. The van der Waals surface area contributed by atoms with E-state index in [9.17, 15) is 0 Å². The van der Waals surface area contributed by atoms with Gasteiger partial charge in [0.2, 0.25) is 0 Å². The molecule has 0 aliphatic carbocycles. The Morgan fingerprint density at radius 1 is 1.11 bits per heavy atom. The maximum absolute atomic E-state index is 5.55. The minimum absolute atomic E-state index is 0.253. The van der Waals surface area contributed by atoms with E-state index in [0.29, 0.717) is 0 Å². The van der Waals surface area contributed by atoms with E-state index in [1.54, 1.807) is 7.11 Å². The number of nitrogens with one attached hydrogen (secondary N) is 1. The fraction of sp³-hybridized carbons (Fsp3) is 0.348. The third-order valence-electron chi connectivity index (χ3n) is 5.39. The Morgan fingerprint density at radius 2 is 1.86 bits per heavy atom. The number of morpholine rings is 1. The normalized spacial score (nSPS) is 16.1. The maximum atomic E-state index is 5.55. The zero-order valence-electron chi connectivity index (χ0n) is 16.5. The molecule has 0 bridgehead atoms. The Hall–Kier alpha value is -2.63. The molecule has 0 amide bonds. The second kappa shape index (κ2) is 8.59. The molecule has 1 aromatic heterocycles. The van der Waals surface area contributed by atoms with Gasteiger partial charge < -0.3 is 14.8 Å². The Balaban J connectivity index is 1.56. The summed E-state index contributed by atoms with van der Waals surface area (Å²) in [5.74, 6) is 1.80. The number of hydrogen-bond acceptors (Lipinski definition) is 5. The van der Waals surface area contributed by atoms with Gasteiger partial charge in [-0.3, -0.25) is 4.90 Å². The molecule has 5 heteroatoms. The third-order valence-corrected chi connectivity index (χ3v) is 5.39. The number of anilines is 1. The van der Waals surface area contributed by atoms with Gasteiger partial charge in [0.05, 0.1) is 31.9 Å². The summed E-state index contributed by atoms with van der Waals surface area (Å²) in [4.78, 5) is 7.28. The van der Waals surface area contributed by atoms with Crippen LogP contribution in [0.15, 0.2) is 54.6 Å². The zero-order chi connectivity index (χ0) is 19.3. The Labute approximate surface area is 166 Å². The van der Waals surface area contributed by atoms with Gasteiger partial charge in [0.25, 0.3) is 0 Å². The van der Waals surface area contributed by atoms with Crippen molar-refractivity contribution >= 4 is 16.7 Å². The van der Waals surface area contributed by atoms with Crippen molar-refractivity contribution in [2.75, 3.05) is 45.3 Å². The SMILES string of the molecule is COc1ccc(C(CNc2cc(C)c3ccccc3n2)N2CCOCC2)cc1. The van der Waals surface area contributed by atoms with E-state index in [4.69, 9.17) is 14.5 Å². The van der Waals surface area contributed by atoms with Gasteiger partial charge in [-0.05, 0) is 42.3 Å². The minimum Gasteiger partial charge on any atom is -0.497 e. The number of nitrogens with zero attached hydrogens (tertiary/aromatic N) is 2. The highest BCUT2D eigenvalue weighted by Gasteiger charge is 2.22. The lowest BCUT2D eigenvalue weighted by molar-refractivity contribution is 0.0187. The quantitative estimate of drug-likeness (QED) is 0.703. The predicted octanol–water partition coefficient (Wildman–Crippen LogP) is 4.04. The van der Waals surface area contributed by atoms with Crippen LogP contribution in [-0.4, -0.2) is 49.8 Å². The van der Waals surface area contributed by atoms with Crippen molar-refractivity contribution in [3.05, 3.63) is 65.7 Å². The summed E-state index contributed by atoms with van der Waals surface area (Å²) < 4.78 is 10.9. The fourth-order valence-electron chi connectivity index (χ4n) is 3.81. The van der Waals surface area contributed by atoms with Crippen molar-refractivity contribution in [3.63, 3.8) is 0 Å². The summed E-state index contributed by atoms with van der Waals surface area (Å²) in [5.41, 5.74) is 3.53.